The highest BCUT2D eigenvalue weighted by Gasteiger charge is 2.31. The van der Waals surface area contributed by atoms with E-state index in [1.54, 1.807) is 0 Å². The smallest absolute Gasteiger partial charge is 0.319 e. The first kappa shape index (κ1) is 13.5. The zero-order valence-corrected chi connectivity index (χ0v) is 12.2. The zero-order valence-electron chi connectivity index (χ0n) is 11.3. The quantitative estimate of drug-likeness (QED) is 0.840. The molecule has 1 aliphatic heterocycles. The topological polar surface area (TPSA) is 71.5 Å². The maximum Gasteiger partial charge on any atom is 0.319 e. The number of carbonyl (C=O) groups excluding carboxylic acids is 2. The van der Waals surface area contributed by atoms with Crippen molar-refractivity contribution in [2.45, 2.75) is 25.8 Å². The van der Waals surface area contributed by atoms with Gasteiger partial charge in [-0.2, -0.15) is 0 Å². The molecule has 1 aliphatic carbocycles. The van der Waals surface area contributed by atoms with Gasteiger partial charge < -0.3 is 10.1 Å². The highest BCUT2D eigenvalue weighted by atomic mass is 32.1. The van der Waals surface area contributed by atoms with Crippen molar-refractivity contribution in [3.05, 3.63) is 10.6 Å². The van der Waals surface area contributed by atoms with Crippen LogP contribution >= 0.6 is 11.3 Å². The van der Waals surface area contributed by atoms with E-state index in [4.69, 9.17) is 0 Å². The number of amides is 1. The van der Waals surface area contributed by atoms with Crippen LogP contribution in [0.4, 0.5) is 5.13 Å². The van der Waals surface area contributed by atoms with Crippen LogP contribution in [0.2, 0.25) is 0 Å². The van der Waals surface area contributed by atoms with Gasteiger partial charge in [0.25, 0.3) is 0 Å². The Balaban J connectivity index is 1.63. The van der Waals surface area contributed by atoms with E-state index in [-0.39, 0.29) is 17.8 Å². The molecule has 1 N–H and O–H groups in total. The van der Waals surface area contributed by atoms with Gasteiger partial charge in [0.1, 0.15) is 0 Å². The Morgan fingerprint density at radius 3 is 3.00 bits per heavy atom. The number of aromatic nitrogens is 1. The summed E-state index contributed by atoms with van der Waals surface area (Å²) in [5, 5.41) is 3.57. The molecule has 1 aromatic rings. The first-order valence-corrected chi connectivity index (χ1v) is 7.56. The molecule has 0 unspecified atom stereocenters. The Hall–Kier alpha value is -1.47. The maximum absolute atomic E-state index is 11.7. The fourth-order valence-corrected chi connectivity index (χ4v) is 3.29. The van der Waals surface area contributed by atoms with Gasteiger partial charge in [0, 0.05) is 30.3 Å². The Labute approximate surface area is 121 Å². The van der Waals surface area contributed by atoms with Crippen LogP contribution in [0.3, 0.4) is 0 Å². The van der Waals surface area contributed by atoms with Gasteiger partial charge in [0.15, 0.2) is 5.13 Å². The second kappa shape index (κ2) is 5.49. The molecule has 1 aromatic heterocycles. The third-order valence-corrected chi connectivity index (χ3v) is 4.57. The van der Waals surface area contributed by atoms with Crippen LogP contribution in [0.15, 0.2) is 0 Å². The molecule has 3 rings (SSSR count). The van der Waals surface area contributed by atoms with E-state index in [1.807, 2.05) is 4.90 Å². The van der Waals surface area contributed by atoms with E-state index in [0.717, 1.165) is 36.4 Å². The van der Waals surface area contributed by atoms with Crippen molar-refractivity contribution >= 4 is 28.3 Å². The molecular formula is C13H17N3O3S. The fraction of sp³-hybridized carbons (Fsp3) is 0.615. The van der Waals surface area contributed by atoms with Crippen LogP contribution in [0.5, 0.6) is 0 Å². The van der Waals surface area contributed by atoms with E-state index in [0.29, 0.717) is 18.2 Å². The largest absolute Gasteiger partial charge is 0.468 e. The summed E-state index contributed by atoms with van der Waals surface area (Å²) in [6.07, 6.45) is 2.79. The summed E-state index contributed by atoms with van der Waals surface area (Å²) in [6.45, 7) is 1.79. The minimum absolute atomic E-state index is 0.0857. The van der Waals surface area contributed by atoms with Gasteiger partial charge in [-0.15, -0.1) is 11.3 Å². The van der Waals surface area contributed by atoms with Crippen LogP contribution in [-0.2, 0) is 27.3 Å². The summed E-state index contributed by atoms with van der Waals surface area (Å²) in [6, 6.07) is 0. The molecule has 0 bridgehead atoms. The van der Waals surface area contributed by atoms with Gasteiger partial charge in [-0.05, 0) is 12.8 Å². The van der Waals surface area contributed by atoms with Gasteiger partial charge in [-0.3, -0.25) is 14.5 Å². The van der Waals surface area contributed by atoms with Crippen molar-refractivity contribution in [2.75, 3.05) is 25.5 Å². The highest BCUT2D eigenvalue weighted by Crippen LogP contribution is 2.32. The molecule has 1 amide bonds. The lowest BCUT2D eigenvalue weighted by Gasteiger charge is -2.24. The number of carbonyl (C=O) groups is 2. The van der Waals surface area contributed by atoms with Crippen molar-refractivity contribution in [2.24, 2.45) is 5.92 Å². The second-order valence-electron chi connectivity index (χ2n) is 5.19. The van der Waals surface area contributed by atoms with Crippen LogP contribution in [0.25, 0.3) is 0 Å². The molecule has 20 heavy (non-hydrogen) atoms. The number of anilines is 1. The molecule has 0 aromatic carbocycles. The Bertz CT molecular complexity index is 539. The molecule has 0 spiro atoms. The summed E-state index contributed by atoms with van der Waals surface area (Å²) < 4.78 is 4.68. The van der Waals surface area contributed by atoms with E-state index in [1.165, 1.54) is 18.4 Å². The van der Waals surface area contributed by atoms with Gasteiger partial charge in [0.2, 0.25) is 5.91 Å². The average molecular weight is 295 g/mol. The molecule has 0 saturated heterocycles. The number of fused-ring (bicyclic) bond motifs is 1. The minimum Gasteiger partial charge on any atom is -0.468 e. The lowest BCUT2D eigenvalue weighted by Crippen LogP contribution is -2.34. The fourth-order valence-electron chi connectivity index (χ4n) is 2.24. The number of thiazole rings is 1. The Morgan fingerprint density at radius 2 is 2.30 bits per heavy atom. The van der Waals surface area contributed by atoms with Gasteiger partial charge in [-0.1, -0.05) is 0 Å². The Kier molecular flexibility index (Phi) is 3.71. The van der Waals surface area contributed by atoms with E-state index in [2.05, 4.69) is 15.0 Å². The monoisotopic (exact) mass is 295 g/mol. The SMILES string of the molecule is COC(=O)CN1CCc2nc(NC(=O)C3CC3)sc2C1. The normalized spacial score (nSPS) is 18.4. The van der Waals surface area contributed by atoms with E-state index < -0.39 is 0 Å². The molecule has 7 heteroatoms. The van der Waals surface area contributed by atoms with E-state index >= 15 is 0 Å². The van der Waals surface area contributed by atoms with Crippen LogP contribution in [0, 0.1) is 5.92 Å². The lowest BCUT2D eigenvalue weighted by molar-refractivity contribution is -0.142. The number of nitrogens with zero attached hydrogens (tertiary/aromatic N) is 2. The third-order valence-electron chi connectivity index (χ3n) is 3.57. The third kappa shape index (κ3) is 2.99. The zero-order chi connectivity index (χ0) is 14.1. The maximum atomic E-state index is 11.7. The predicted octanol–water partition coefficient (Wildman–Crippen LogP) is 1.02. The summed E-state index contributed by atoms with van der Waals surface area (Å²) in [7, 11) is 1.40. The molecule has 6 nitrogen and oxygen atoms in total. The van der Waals surface area contributed by atoms with Gasteiger partial charge >= 0.3 is 5.97 Å². The molecule has 1 fully saturated rings. The molecule has 1 saturated carbocycles. The summed E-state index contributed by atoms with van der Waals surface area (Å²) in [5.74, 6) is 0.0505. The number of hydrogen-bond donors (Lipinski definition) is 1. The number of nitrogens with one attached hydrogen (secondary N) is 1. The first-order valence-electron chi connectivity index (χ1n) is 6.74. The molecule has 108 valence electrons. The number of methoxy groups -OCH3 is 1. The van der Waals surface area contributed by atoms with Crippen molar-refractivity contribution in [1.82, 2.24) is 9.88 Å². The summed E-state index contributed by atoms with van der Waals surface area (Å²) >= 11 is 1.51. The van der Waals surface area contributed by atoms with Crippen molar-refractivity contribution in [3.63, 3.8) is 0 Å². The van der Waals surface area contributed by atoms with Crippen molar-refractivity contribution in [3.8, 4) is 0 Å². The molecule has 2 aliphatic rings. The van der Waals surface area contributed by atoms with Gasteiger partial charge in [-0.25, -0.2) is 4.98 Å². The molecule has 0 radical (unpaired) electrons. The second-order valence-corrected chi connectivity index (χ2v) is 6.27. The van der Waals surface area contributed by atoms with Crippen molar-refractivity contribution < 1.29 is 14.3 Å². The van der Waals surface area contributed by atoms with E-state index in [9.17, 15) is 9.59 Å². The average Bonchev–Trinajstić information content (AvgIpc) is 3.20. The molecule has 0 atom stereocenters. The van der Waals surface area contributed by atoms with Crippen molar-refractivity contribution in [1.29, 1.82) is 0 Å². The Morgan fingerprint density at radius 1 is 1.50 bits per heavy atom. The minimum atomic E-state index is -0.222. The number of ether oxygens (including phenoxy) is 1. The number of rotatable bonds is 4. The molecular weight excluding hydrogens is 278 g/mol. The number of esters is 1. The summed E-state index contributed by atoms with van der Waals surface area (Å²) in [4.78, 5) is 30.7. The summed E-state index contributed by atoms with van der Waals surface area (Å²) in [5.41, 5.74) is 1.04. The predicted molar refractivity (Wildman–Crippen MR) is 74.5 cm³/mol. The van der Waals surface area contributed by atoms with Gasteiger partial charge in [0.05, 0.1) is 19.3 Å². The van der Waals surface area contributed by atoms with Crippen LogP contribution in [0.1, 0.15) is 23.4 Å². The van der Waals surface area contributed by atoms with Crippen LogP contribution in [-0.4, -0.2) is 42.0 Å². The molecule has 2 heterocycles. The first-order chi connectivity index (χ1) is 9.65. The standard InChI is InChI=1S/C13H17N3O3S/c1-19-11(17)7-16-5-4-9-10(6-16)20-13(14-9)15-12(18)8-2-3-8/h8H,2-7H2,1H3,(H,14,15,18). The van der Waals surface area contributed by atoms with Crippen LogP contribution < -0.4 is 5.32 Å². The number of hydrogen-bond acceptors (Lipinski definition) is 6. The lowest BCUT2D eigenvalue weighted by atomic mass is 10.2. The highest BCUT2D eigenvalue weighted by molar-refractivity contribution is 7.15.